The third kappa shape index (κ3) is 3.38. The van der Waals surface area contributed by atoms with Crippen LogP contribution >= 0.6 is 11.8 Å². The van der Waals surface area contributed by atoms with Gasteiger partial charge in [-0.25, -0.2) is 4.98 Å². The molecule has 0 unspecified atom stereocenters. The Hall–Kier alpha value is -1.73. The lowest BCUT2D eigenvalue weighted by molar-refractivity contribution is -0.138. The van der Waals surface area contributed by atoms with E-state index in [9.17, 15) is 13.2 Å². The zero-order valence-electron chi connectivity index (χ0n) is 9.38. The molecule has 3 nitrogen and oxygen atoms in total. The molecule has 7 heteroatoms. The van der Waals surface area contributed by atoms with Crippen molar-refractivity contribution < 1.29 is 13.2 Å². The summed E-state index contributed by atoms with van der Waals surface area (Å²) in [6.45, 7) is 1.44. The van der Waals surface area contributed by atoms with Crippen LogP contribution in [0.5, 0.6) is 0 Å². The highest BCUT2D eigenvalue weighted by Crippen LogP contribution is 2.35. The minimum absolute atomic E-state index is 0.0278. The molecule has 0 saturated heterocycles. The predicted molar refractivity (Wildman–Crippen MR) is 59.6 cm³/mol. The number of rotatable bonds is 3. The maximum Gasteiger partial charge on any atom is 0.417 e. The van der Waals surface area contributed by atoms with Gasteiger partial charge in [0.15, 0.2) is 0 Å². The molecule has 0 N–H and O–H groups in total. The van der Waals surface area contributed by atoms with E-state index in [4.69, 9.17) is 10.5 Å². The van der Waals surface area contributed by atoms with E-state index in [0.29, 0.717) is 5.75 Å². The summed E-state index contributed by atoms with van der Waals surface area (Å²) < 4.78 is 38.2. The summed E-state index contributed by atoms with van der Waals surface area (Å²) in [7, 11) is 0. The molecule has 0 aliphatic carbocycles. The van der Waals surface area contributed by atoms with Gasteiger partial charge in [-0.2, -0.15) is 23.7 Å². The number of aromatic nitrogens is 1. The molecular weight excluding hydrogens is 263 g/mol. The molecule has 0 radical (unpaired) electrons. The van der Waals surface area contributed by atoms with Gasteiger partial charge in [0, 0.05) is 17.9 Å². The molecule has 0 amide bonds. The van der Waals surface area contributed by atoms with Gasteiger partial charge < -0.3 is 0 Å². The molecule has 0 fully saturated rings. The van der Waals surface area contributed by atoms with Crippen LogP contribution in [-0.2, 0) is 6.18 Å². The molecule has 94 valence electrons. The Morgan fingerprint density at radius 3 is 2.56 bits per heavy atom. The number of alkyl halides is 3. The lowest BCUT2D eigenvalue weighted by Gasteiger charge is -2.12. The summed E-state index contributed by atoms with van der Waals surface area (Å²) in [5, 5.41) is 17.2. The van der Waals surface area contributed by atoms with Crippen molar-refractivity contribution >= 4 is 11.8 Å². The number of halogens is 3. The monoisotopic (exact) mass is 271 g/mol. The molecular formula is C11H8F3N3S. The second-order valence-corrected chi connectivity index (χ2v) is 4.44. The first-order chi connectivity index (χ1) is 8.40. The smallest absolute Gasteiger partial charge is 0.245 e. The van der Waals surface area contributed by atoms with Crippen molar-refractivity contribution in [2.45, 2.75) is 24.5 Å². The minimum atomic E-state index is -4.58. The number of thioether (sulfide) groups is 1. The lowest BCUT2D eigenvalue weighted by Crippen LogP contribution is -2.10. The second-order valence-electron chi connectivity index (χ2n) is 3.36. The maximum absolute atomic E-state index is 12.7. The Labute approximate surface area is 106 Å². The Bertz CT molecular complexity index is 526. The van der Waals surface area contributed by atoms with Crippen LogP contribution in [-0.4, -0.2) is 10.7 Å². The van der Waals surface area contributed by atoms with Crippen molar-refractivity contribution in [3.63, 3.8) is 0 Å². The molecule has 1 aromatic rings. The Kier molecular flexibility index (Phi) is 4.57. The van der Waals surface area contributed by atoms with Gasteiger partial charge >= 0.3 is 6.18 Å². The fourth-order valence-corrected chi connectivity index (χ4v) is 2.17. The van der Waals surface area contributed by atoms with E-state index in [2.05, 4.69) is 4.98 Å². The van der Waals surface area contributed by atoms with Crippen LogP contribution in [0.15, 0.2) is 11.1 Å². The molecule has 18 heavy (non-hydrogen) atoms. The van der Waals surface area contributed by atoms with E-state index >= 15 is 0 Å². The third-order valence-electron chi connectivity index (χ3n) is 1.98. The number of pyridine rings is 1. The maximum atomic E-state index is 12.7. The van der Waals surface area contributed by atoms with Crippen molar-refractivity contribution in [3.05, 3.63) is 22.9 Å². The molecule has 0 aliphatic rings. The van der Waals surface area contributed by atoms with Crippen LogP contribution in [0.3, 0.4) is 0 Å². The zero-order chi connectivity index (χ0) is 13.8. The van der Waals surface area contributed by atoms with Crippen LogP contribution in [0.4, 0.5) is 13.2 Å². The van der Waals surface area contributed by atoms with Gasteiger partial charge in [-0.3, -0.25) is 0 Å². The van der Waals surface area contributed by atoms with Crippen molar-refractivity contribution in [2.75, 3.05) is 5.75 Å². The second kappa shape index (κ2) is 5.74. The molecule has 0 spiro atoms. The van der Waals surface area contributed by atoms with Crippen molar-refractivity contribution in [3.8, 4) is 12.1 Å². The van der Waals surface area contributed by atoms with Crippen LogP contribution in [0.25, 0.3) is 0 Å². The Morgan fingerprint density at radius 1 is 1.39 bits per heavy atom. The lowest BCUT2D eigenvalue weighted by atomic mass is 10.1. The fraction of sp³-hybridized carbons (Fsp3) is 0.364. The molecule has 0 atom stereocenters. The summed E-state index contributed by atoms with van der Waals surface area (Å²) in [5.74, 6) is 0.304. The van der Waals surface area contributed by atoms with E-state index in [1.807, 2.05) is 6.07 Å². The highest BCUT2D eigenvalue weighted by molar-refractivity contribution is 7.99. The highest BCUT2D eigenvalue weighted by Gasteiger charge is 2.35. The van der Waals surface area contributed by atoms with Gasteiger partial charge in [-0.05, 0) is 13.0 Å². The molecule has 1 rings (SSSR count). The summed E-state index contributed by atoms with van der Waals surface area (Å²) in [6, 6.07) is 4.27. The van der Waals surface area contributed by atoms with Gasteiger partial charge in [0.25, 0.3) is 0 Å². The predicted octanol–water partition coefficient (Wildman–Crippen LogP) is 3.29. The molecule has 0 aromatic carbocycles. The number of aryl methyl sites for hydroxylation is 1. The average molecular weight is 271 g/mol. The van der Waals surface area contributed by atoms with Gasteiger partial charge in [0.1, 0.15) is 11.1 Å². The normalized spacial score (nSPS) is 10.8. The van der Waals surface area contributed by atoms with Gasteiger partial charge in [0.2, 0.25) is 0 Å². The van der Waals surface area contributed by atoms with Crippen molar-refractivity contribution in [2.24, 2.45) is 0 Å². The molecule has 0 saturated carbocycles. The number of hydrogen-bond donors (Lipinski definition) is 0. The van der Waals surface area contributed by atoms with E-state index in [0.717, 1.165) is 17.8 Å². The van der Waals surface area contributed by atoms with Crippen molar-refractivity contribution in [1.29, 1.82) is 10.5 Å². The SMILES string of the molecule is Cc1cc(C(F)(F)F)c(C#N)c(SCCC#N)n1. The topological polar surface area (TPSA) is 60.5 Å². The fourth-order valence-electron chi connectivity index (χ4n) is 1.27. The molecule has 0 aliphatic heterocycles. The van der Waals surface area contributed by atoms with E-state index < -0.39 is 17.3 Å². The van der Waals surface area contributed by atoms with Crippen LogP contribution < -0.4 is 0 Å². The third-order valence-corrected chi connectivity index (χ3v) is 2.96. The number of nitriles is 2. The summed E-state index contributed by atoms with van der Waals surface area (Å²) in [5.41, 5.74) is -1.26. The van der Waals surface area contributed by atoms with Crippen LogP contribution in [0.2, 0.25) is 0 Å². The minimum Gasteiger partial charge on any atom is -0.245 e. The molecule has 1 aromatic heterocycles. The van der Waals surface area contributed by atoms with E-state index in [-0.39, 0.29) is 17.1 Å². The summed E-state index contributed by atoms with van der Waals surface area (Å²) in [6.07, 6.45) is -4.39. The summed E-state index contributed by atoms with van der Waals surface area (Å²) >= 11 is 0.985. The van der Waals surface area contributed by atoms with Gasteiger partial charge in [-0.15, -0.1) is 11.8 Å². The first-order valence-electron chi connectivity index (χ1n) is 4.89. The quantitative estimate of drug-likeness (QED) is 0.625. The largest absolute Gasteiger partial charge is 0.417 e. The van der Waals surface area contributed by atoms with Gasteiger partial charge in [-0.1, -0.05) is 0 Å². The number of nitrogens with zero attached hydrogens (tertiary/aromatic N) is 3. The van der Waals surface area contributed by atoms with E-state index in [1.54, 1.807) is 0 Å². The van der Waals surface area contributed by atoms with Crippen LogP contribution in [0.1, 0.15) is 23.2 Å². The first-order valence-corrected chi connectivity index (χ1v) is 5.87. The Morgan fingerprint density at radius 2 is 2.06 bits per heavy atom. The highest BCUT2D eigenvalue weighted by atomic mass is 32.2. The standard InChI is InChI=1S/C11H8F3N3S/c1-7-5-9(11(12,13)14)8(6-16)10(17-7)18-4-2-3-15/h5H,2,4H2,1H3. The first kappa shape index (κ1) is 14.3. The van der Waals surface area contributed by atoms with Gasteiger partial charge in [0.05, 0.1) is 17.2 Å². The zero-order valence-corrected chi connectivity index (χ0v) is 10.2. The Balaban J connectivity index is 3.23. The number of hydrogen-bond acceptors (Lipinski definition) is 4. The molecule has 0 bridgehead atoms. The van der Waals surface area contributed by atoms with Crippen molar-refractivity contribution in [1.82, 2.24) is 4.98 Å². The van der Waals surface area contributed by atoms with E-state index in [1.165, 1.54) is 13.0 Å². The summed E-state index contributed by atoms with van der Waals surface area (Å²) in [4.78, 5) is 3.92. The molecule has 1 heterocycles. The van der Waals surface area contributed by atoms with Crippen LogP contribution in [0, 0.1) is 29.6 Å². The average Bonchev–Trinajstić information content (AvgIpc) is 2.27.